The van der Waals surface area contributed by atoms with Crippen molar-refractivity contribution >= 4 is 17.3 Å². The third-order valence-electron chi connectivity index (χ3n) is 3.26. The maximum atomic E-state index is 11.0. The first kappa shape index (κ1) is 14.9. The molecule has 2 N–H and O–H groups in total. The SMILES string of the molecule is CC(C)C(Cc1c(Cl)cccc1[N+](=O)[O-])C(C)N. The van der Waals surface area contributed by atoms with Crippen LogP contribution in [0.15, 0.2) is 18.2 Å². The molecule has 18 heavy (non-hydrogen) atoms. The molecule has 2 atom stereocenters. The number of nitro benzene ring substituents is 1. The van der Waals surface area contributed by atoms with Crippen molar-refractivity contribution in [3.8, 4) is 0 Å². The Labute approximate surface area is 112 Å². The van der Waals surface area contributed by atoms with Gasteiger partial charge in [-0.1, -0.05) is 31.5 Å². The molecule has 1 aromatic rings. The second-order valence-corrected chi connectivity index (χ2v) is 5.37. The van der Waals surface area contributed by atoms with E-state index in [0.29, 0.717) is 22.9 Å². The molecule has 2 unspecified atom stereocenters. The Balaban J connectivity index is 3.12. The van der Waals surface area contributed by atoms with Crippen LogP contribution in [0.2, 0.25) is 5.02 Å². The quantitative estimate of drug-likeness (QED) is 0.658. The smallest absolute Gasteiger partial charge is 0.274 e. The summed E-state index contributed by atoms with van der Waals surface area (Å²) in [5.41, 5.74) is 6.61. The highest BCUT2D eigenvalue weighted by Crippen LogP contribution is 2.31. The fourth-order valence-electron chi connectivity index (χ4n) is 2.18. The average molecular weight is 271 g/mol. The van der Waals surface area contributed by atoms with Gasteiger partial charge in [-0.15, -0.1) is 0 Å². The van der Waals surface area contributed by atoms with Gasteiger partial charge in [0.15, 0.2) is 0 Å². The summed E-state index contributed by atoms with van der Waals surface area (Å²) in [7, 11) is 0. The van der Waals surface area contributed by atoms with E-state index in [0.717, 1.165) is 0 Å². The molecule has 4 nitrogen and oxygen atoms in total. The lowest BCUT2D eigenvalue weighted by Gasteiger charge is -2.25. The number of rotatable bonds is 5. The molecule has 0 bridgehead atoms. The lowest BCUT2D eigenvalue weighted by atomic mass is 9.84. The van der Waals surface area contributed by atoms with E-state index in [9.17, 15) is 10.1 Å². The Morgan fingerprint density at radius 2 is 2.00 bits per heavy atom. The zero-order valence-electron chi connectivity index (χ0n) is 10.9. The lowest BCUT2D eigenvalue weighted by Crippen LogP contribution is -2.32. The number of nitrogens with two attached hydrogens (primary N) is 1. The third kappa shape index (κ3) is 3.43. The highest BCUT2D eigenvalue weighted by Gasteiger charge is 2.24. The molecule has 0 aliphatic carbocycles. The number of nitrogens with zero attached hydrogens (tertiary/aromatic N) is 1. The summed E-state index contributed by atoms with van der Waals surface area (Å²) in [5, 5.41) is 11.5. The summed E-state index contributed by atoms with van der Waals surface area (Å²) in [6, 6.07) is 4.74. The Morgan fingerprint density at radius 3 is 2.44 bits per heavy atom. The molecule has 1 aromatic carbocycles. The average Bonchev–Trinajstić information content (AvgIpc) is 2.25. The topological polar surface area (TPSA) is 69.2 Å². The Hall–Kier alpha value is -1.13. The normalized spacial score (nSPS) is 14.6. The summed E-state index contributed by atoms with van der Waals surface area (Å²) in [6.07, 6.45) is 0.533. The van der Waals surface area contributed by atoms with Crippen LogP contribution in [0.25, 0.3) is 0 Å². The van der Waals surface area contributed by atoms with Crippen LogP contribution < -0.4 is 5.73 Å². The van der Waals surface area contributed by atoms with Crippen molar-refractivity contribution < 1.29 is 4.92 Å². The number of nitro groups is 1. The second kappa shape index (κ2) is 6.16. The van der Waals surface area contributed by atoms with Gasteiger partial charge in [0.05, 0.1) is 9.95 Å². The summed E-state index contributed by atoms with van der Waals surface area (Å²) in [4.78, 5) is 10.6. The Kier molecular flexibility index (Phi) is 5.11. The maximum absolute atomic E-state index is 11.0. The van der Waals surface area contributed by atoms with Crippen molar-refractivity contribution in [3.05, 3.63) is 38.9 Å². The van der Waals surface area contributed by atoms with Crippen LogP contribution in [0.5, 0.6) is 0 Å². The monoisotopic (exact) mass is 270 g/mol. The van der Waals surface area contributed by atoms with E-state index in [-0.39, 0.29) is 22.6 Å². The van der Waals surface area contributed by atoms with Crippen molar-refractivity contribution in [1.82, 2.24) is 0 Å². The predicted molar refractivity (Wildman–Crippen MR) is 73.8 cm³/mol. The van der Waals surface area contributed by atoms with Gasteiger partial charge in [0.25, 0.3) is 5.69 Å². The molecule has 0 aliphatic heterocycles. The molecule has 0 aliphatic rings. The molecule has 1 rings (SSSR count). The summed E-state index contributed by atoms with van der Waals surface area (Å²) in [5.74, 6) is 0.518. The van der Waals surface area contributed by atoms with Crippen LogP contribution in [0.3, 0.4) is 0 Å². The highest BCUT2D eigenvalue weighted by atomic mass is 35.5. The van der Waals surface area contributed by atoms with E-state index in [4.69, 9.17) is 17.3 Å². The molecule has 0 saturated carbocycles. The van der Waals surface area contributed by atoms with E-state index in [1.54, 1.807) is 12.1 Å². The van der Waals surface area contributed by atoms with Crippen LogP contribution in [0, 0.1) is 22.0 Å². The summed E-state index contributed by atoms with van der Waals surface area (Å²) in [6.45, 7) is 6.06. The minimum Gasteiger partial charge on any atom is -0.328 e. The van der Waals surface area contributed by atoms with Crippen LogP contribution in [0.1, 0.15) is 26.3 Å². The van der Waals surface area contributed by atoms with Crippen molar-refractivity contribution in [3.63, 3.8) is 0 Å². The minimum atomic E-state index is -0.389. The molecular weight excluding hydrogens is 252 g/mol. The van der Waals surface area contributed by atoms with Crippen LogP contribution >= 0.6 is 11.6 Å². The molecule has 0 saturated heterocycles. The van der Waals surface area contributed by atoms with Gasteiger partial charge in [0.2, 0.25) is 0 Å². The van der Waals surface area contributed by atoms with Gasteiger partial charge in [0, 0.05) is 17.7 Å². The van der Waals surface area contributed by atoms with E-state index in [1.165, 1.54) is 6.07 Å². The molecule has 0 spiro atoms. The fourth-order valence-corrected chi connectivity index (χ4v) is 2.43. The van der Waals surface area contributed by atoms with E-state index >= 15 is 0 Å². The van der Waals surface area contributed by atoms with E-state index in [2.05, 4.69) is 13.8 Å². The van der Waals surface area contributed by atoms with Crippen LogP contribution in [-0.4, -0.2) is 11.0 Å². The zero-order valence-corrected chi connectivity index (χ0v) is 11.6. The fraction of sp³-hybridized carbons (Fsp3) is 0.538. The third-order valence-corrected chi connectivity index (χ3v) is 3.62. The molecule has 0 fully saturated rings. The van der Waals surface area contributed by atoms with Gasteiger partial charge in [0.1, 0.15) is 0 Å². The standard InChI is InChI=1S/C13H19ClN2O2/c1-8(2)10(9(3)15)7-11-12(14)5-4-6-13(11)16(17)18/h4-6,8-10H,7,15H2,1-3H3. The number of hydrogen-bond donors (Lipinski definition) is 1. The number of hydrogen-bond acceptors (Lipinski definition) is 3. The maximum Gasteiger partial charge on any atom is 0.274 e. The molecule has 0 aromatic heterocycles. The summed E-state index contributed by atoms with van der Waals surface area (Å²) < 4.78 is 0. The molecule has 0 amide bonds. The number of halogens is 1. The summed E-state index contributed by atoms with van der Waals surface area (Å²) >= 11 is 6.08. The van der Waals surface area contributed by atoms with Crippen molar-refractivity contribution in [2.45, 2.75) is 33.2 Å². The van der Waals surface area contributed by atoms with Gasteiger partial charge < -0.3 is 5.73 Å². The first-order valence-electron chi connectivity index (χ1n) is 6.02. The molecular formula is C13H19ClN2O2. The van der Waals surface area contributed by atoms with Crippen LogP contribution in [0.4, 0.5) is 5.69 Å². The molecule has 0 radical (unpaired) electrons. The Morgan fingerprint density at radius 1 is 1.39 bits per heavy atom. The van der Waals surface area contributed by atoms with Gasteiger partial charge in [-0.2, -0.15) is 0 Å². The Bertz CT molecular complexity index is 425. The van der Waals surface area contributed by atoms with Crippen LogP contribution in [-0.2, 0) is 6.42 Å². The van der Waals surface area contributed by atoms with E-state index < -0.39 is 0 Å². The van der Waals surface area contributed by atoms with Gasteiger partial charge in [-0.3, -0.25) is 10.1 Å². The first-order chi connectivity index (χ1) is 8.34. The van der Waals surface area contributed by atoms with E-state index in [1.807, 2.05) is 6.92 Å². The van der Waals surface area contributed by atoms with Gasteiger partial charge >= 0.3 is 0 Å². The molecule has 100 valence electrons. The minimum absolute atomic E-state index is 0.0270. The zero-order chi connectivity index (χ0) is 13.9. The highest BCUT2D eigenvalue weighted by molar-refractivity contribution is 6.31. The first-order valence-corrected chi connectivity index (χ1v) is 6.39. The largest absolute Gasteiger partial charge is 0.328 e. The molecule has 0 heterocycles. The van der Waals surface area contributed by atoms with Crippen molar-refractivity contribution in [2.24, 2.45) is 17.6 Å². The van der Waals surface area contributed by atoms with Crippen molar-refractivity contribution in [2.75, 3.05) is 0 Å². The van der Waals surface area contributed by atoms with Crippen molar-refractivity contribution in [1.29, 1.82) is 0 Å². The second-order valence-electron chi connectivity index (χ2n) is 4.97. The molecule has 5 heteroatoms. The van der Waals surface area contributed by atoms with Gasteiger partial charge in [-0.25, -0.2) is 0 Å². The lowest BCUT2D eigenvalue weighted by molar-refractivity contribution is -0.385. The predicted octanol–water partition coefficient (Wildman–Crippen LogP) is 3.41. The number of benzene rings is 1. The van der Waals surface area contributed by atoms with Gasteiger partial charge in [-0.05, 0) is 31.2 Å².